The SMILES string of the molecule is [C-]#[N+]/C(=C\C(C)(C)C)C(=O)N1CCC[C@@H](n2nc(-c3ccc(Oc4ccccc4)nc3)c3c(N)ncnc32)C1. The number of anilines is 1. The second-order valence-electron chi connectivity index (χ2n) is 10.6. The molecule has 1 atom stereocenters. The van der Waals surface area contributed by atoms with E-state index in [0.29, 0.717) is 47.3 Å². The molecule has 1 aromatic carbocycles. The molecule has 3 aromatic heterocycles. The minimum atomic E-state index is -0.276. The number of aromatic nitrogens is 5. The van der Waals surface area contributed by atoms with Gasteiger partial charge < -0.3 is 15.4 Å². The molecule has 4 heterocycles. The summed E-state index contributed by atoms with van der Waals surface area (Å²) in [6.07, 6.45) is 6.43. The smallest absolute Gasteiger partial charge is 0.252 e. The number of benzene rings is 1. The van der Waals surface area contributed by atoms with Crippen molar-refractivity contribution in [1.82, 2.24) is 29.6 Å². The van der Waals surface area contributed by atoms with Crippen LogP contribution in [0.2, 0.25) is 0 Å². The number of hydrogen-bond donors (Lipinski definition) is 1. The predicted molar refractivity (Wildman–Crippen MR) is 148 cm³/mol. The molecule has 0 saturated carbocycles. The first kappa shape index (κ1) is 25.9. The molecule has 39 heavy (non-hydrogen) atoms. The van der Waals surface area contributed by atoms with Crippen molar-refractivity contribution in [3.63, 3.8) is 0 Å². The zero-order valence-corrected chi connectivity index (χ0v) is 22.2. The van der Waals surface area contributed by atoms with Gasteiger partial charge in [-0.25, -0.2) is 24.5 Å². The van der Waals surface area contributed by atoms with Gasteiger partial charge in [-0.05, 0) is 36.5 Å². The number of pyridine rings is 1. The lowest BCUT2D eigenvalue weighted by Gasteiger charge is -2.33. The van der Waals surface area contributed by atoms with Gasteiger partial charge in [0, 0.05) is 30.9 Å². The lowest BCUT2D eigenvalue weighted by molar-refractivity contribution is -0.128. The normalized spacial score (nSPS) is 16.2. The van der Waals surface area contributed by atoms with E-state index in [1.807, 2.05) is 61.9 Å². The third-order valence-electron chi connectivity index (χ3n) is 6.43. The van der Waals surface area contributed by atoms with Gasteiger partial charge in [-0.2, -0.15) is 5.10 Å². The van der Waals surface area contributed by atoms with Crippen molar-refractivity contribution < 1.29 is 9.53 Å². The summed E-state index contributed by atoms with van der Waals surface area (Å²) in [5.74, 6) is 1.21. The Morgan fingerprint density at radius 2 is 1.95 bits per heavy atom. The predicted octanol–water partition coefficient (Wildman–Crippen LogP) is 5.28. The number of carbonyl (C=O) groups excluding carboxylic acids is 1. The van der Waals surface area contributed by atoms with Crippen molar-refractivity contribution in [2.45, 2.75) is 39.7 Å². The van der Waals surface area contributed by atoms with E-state index in [2.05, 4.69) is 19.8 Å². The number of carbonyl (C=O) groups is 1. The largest absolute Gasteiger partial charge is 0.439 e. The average Bonchev–Trinajstić information content (AvgIpc) is 3.33. The maximum Gasteiger partial charge on any atom is 0.252 e. The van der Waals surface area contributed by atoms with Crippen LogP contribution in [-0.2, 0) is 4.79 Å². The van der Waals surface area contributed by atoms with Gasteiger partial charge in [0.25, 0.3) is 5.91 Å². The maximum absolute atomic E-state index is 13.2. The second kappa shape index (κ2) is 10.5. The Kier molecular flexibility index (Phi) is 6.98. The van der Waals surface area contributed by atoms with Crippen LogP contribution in [0.5, 0.6) is 11.6 Å². The number of rotatable bonds is 5. The van der Waals surface area contributed by atoms with Gasteiger partial charge in [-0.15, -0.1) is 0 Å². The number of piperidine rings is 1. The molecule has 1 saturated heterocycles. The molecule has 1 amide bonds. The molecule has 2 N–H and O–H groups in total. The van der Waals surface area contributed by atoms with Gasteiger partial charge in [-0.1, -0.05) is 45.0 Å². The Balaban J connectivity index is 1.46. The van der Waals surface area contributed by atoms with E-state index in [-0.39, 0.29) is 23.1 Å². The van der Waals surface area contributed by atoms with E-state index in [4.69, 9.17) is 22.1 Å². The van der Waals surface area contributed by atoms with Crippen LogP contribution in [0.3, 0.4) is 0 Å². The average molecular weight is 523 g/mol. The summed E-state index contributed by atoms with van der Waals surface area (Å²) < 4.78 is 7.66. The molecule has 10 nitrogen and oxygen atoms in total. The highest BCUT2D eigenvalue weighted by molar-refractivity contribution is 5.98. The van der Waals surface area contributed by atoms with Crippen LogP contribution in [0.25, 0.3) is 27.1 Å². The Morgan fingerprint density at radius 3 is 2.64 bits per heavy atom. The van der Waals surface area contributed by atoms with Crippen molar-refractivity contribution in [2.24, 2.45) is 5.41 Å². The molecule has 0 unspecified atom stereocenters. The van der Waals surface area contributed by atoms with Gasteiger partial charge in [0.05, 0.1) is 18.0 Å². The number of amides is 1. The number of nitrogen functional groups attached to an aromatic ring is 1. The summed E-state index contributed by atoms with van der Waals surface area (Å²) in [5, 5.41) is 5.55. The highest BCUT2D eigenvalue weighted by atomic mass is 16.5. The van der Waals surface area contributed by atoms with Crippen molar-refractivity contribution >= 4 is 22.8 Å². The van der Waals surface area contributed by atoms with E-state index in [9.17, 15) is 4.79 Å². The van der Waals surface area contributed by atoms with Crippen molar-refractivity contribution in [3.05, 3.63) is 78.2 Å². The van der Waals surface area contributed by atoms with Crippen molar-refractivity contribution in [1.29, 1.82) is 0 Å². The van der Waals surface area contributed by atoms with Gasteiger partial charge in [0.1, 0.15) is 23.6 Å². The summed E-state index contributed by atoms with van der Waals surface area (Å²) in [4.78, 5) is 31.7. The fourth-order valence-corrected chi connectivity index (χ4v) is 4.69. The molecule has 0 spiro atoms. The summed E-state index contributed by atoms with van der Waals surface area (Å²) in [7, 11) is 0. The molecule has 1 aliphatic rings. The topological polar surface area (TPSA) is 116 Å². The number of ether oxygens (including phenoxy) is 1. The number of nitrogens with zero attached hydrogens (tertiary/aromatic N) is 7. The lowest BCUT2D eigenvalue weighted by atomic mass is 9.95. The number of allylic oxidation sites excluding steroid dienone is 1. The van der Waals surface area contributed by atoms with Crippen LogP contribution in [0, 0.1) is 12.0 Å². The molecule has 0 radical (unpaired) electrons. The van der Waals surface area contributed by atoms with E-state index in [1.54, 1.807) is 23.2 Å². The first-order valence-electron chi connectivity index (χ1n) is 12.8. The highest BCUT2D eigenvalue weighted by Crippen LogP contribution is 2.34. The molecular weight excluding hydrogens is 492 g/mol. The van der Waals surface area contributed by atoms with Gasteiger partial charge in [0.15, 0.2) is 5.65 Å². The summed E-state index contributed by atoms with van der Waals surface area (Å²) in [5.41, 5.74) is 8.12. The fourth-order valence-electron chi connectivity index (χ4n) is 4.69. The van der Waals surface area contributed by atoms with Crippen molar-refractivity contribution in [2.75, 3.05) is 18.8 Å². The Bertz CT molecular complexity index is 1560. The molecule has 5 rings (SSSR count). The number of hydrogen-bond acceptors (Lipinski definition) is 7. The molecule has 4 aromatic rings. The van der Waals surface area contributed by atoms with Crippen LogP contribution in [-0.4, -0.2) is 48.6 Å². The minimum absolute atomic E-state index is 0.136. The standard InChI is InChI=1S/C29H30N8O2/c1-29(2,3)15-22(31-4)28(38)36-14-8-9-20(17-36)37-27-24(26(30)33-18-34-27)25(35-37)19-12-13-23(32-16-19)39-21-10-6-5-7-11-21/h5-7,10-13,15-16,18,20H,8-9,14,17H2,1-3H3,(H2,30,33,34)/b22-15-/t20-/m1/s1. The molecule has 0 bridgehead atoms. The number of fused-ring (bicyclic) bond motifs is 1. The Morgan fingerprint density at radius 1 is 1.15 bits per heavy atom. The van der Waals surface area contributed by atoms with Crippen LogP contribution in [0.15, 0.2) is 66.8 Å². The molecule has 1 aliphatic heterocycles. The van der Waals surface area contributed by atoms with Crippen LogP contribution < -0.4 is 10.5 Å². The van der Waals surface area contributed by atoms with Gasteiger partial charge in [0.2, 0.25) is 11.6 Å². The van der Waals surface area contributed by atoms with Crippen molar-refractivity contribution in [3.8, 4) is 22.9 Å². The van der Waals surface area contributed by atoms with E-state index in [0.717, 1.165) is 18.4 Å². The van der Waals surface area contributed by atoms with Crippen LogP contribution in [0.4, 0.5) is 5.82 Å². The first-order chi connectivity index (χ1) is 18.7. The summed E-state index contributed by atoms with van der Waals surface area (Å²) in [6.45, 7) is 14.5. The van der Waals surface area contributed by atoms with Crippen LogP contribution in [0.1, 0.15) is 39.7 Å². The lowest BCUT2D eigenvalue weighted by Crippen LogP contribution is -2.41. The second-order valence-corrected chi connectivity index (χ2v) is 10.6. The number of likely N-dealkylation sites (tertiary alicyclic amines) is 1. The molecule has 1 fully saturated rings. The maximum atomic E-state index is 13.2. The highest BCUT2D eigenvalue weighted by Gasteiger charge is 2.30. The van der Waals surface area contributed by atoms with E-state index in [1.165, 1.54) is 6.33 Å². The van der Waals surface area contributed by atoms with Gasteiger partial charge >= 0.3 is 0 Å². The third kappa shape index (κ3) is 5.57. The zero-order valence-electron chi connectivity index (χ0n) is 22.2. The van der Waals surface area contributed by atoms with Gasteiger partial charge in [-0.3, -0.25) is 4.79 Å². The zero-order chi connectivity index (χ0) is 27.6. The molecular formula is C29H30N8O2. The van der Waals surface area contributed by atoms with E-state index >= 15 is 0 Å². The molecule has 10 heteroatoms. The number of nitrogens with two attached hydrogens (primary N) is 1. The minimum Gasteiger partial charge on any atom is -0.439 e. The summed E-state index contributed by atoms with van der Waals surface area (Å²) >= 11 is 0. The Hall–Kier alpha value is -4.78. The third-order valence-corrected chi connectivity index (χ3v) is 6.43. The van der Waals surface area contributed by atoms with Crippen LogP contribution >= 0.6 is 0 Å². The first-order valence-corrected chi connectivity index (χ1v) is 12.8. The molecule has 0 aliphatic carbocycles. The molecule has 198 valence electrons. The van der Waals surface area contributed by atoms with E-state index < -0.39 is 0 Å². The summed E-state index contributed by atoms with van der Waals surface area (Å²) in [6, 6.07) is 13.0. The Labute approximate surface area is 227 Å². The number of para-hydroxylation sites is 1. The fraction of sp³-hybridized carbons (Fsp3) is 0.310. The quantitative estimate of drug-likeness (QED) is 0.280. The monoisotopic (exact) mass is 522 g/mol.